The summed E-state index contributed by atoms with van der Waals surface area (Å²) in [7, 11) is 0. The summed E-state index contributed by atoms with van der Waals surface area (Å²) in [5.41, 5.74) is 0.774. The van der Waals surface area contributed by atoms with Crippen molar-refractivity contribution in [3.63, 3.8) is 0 Å². The number of carbonyl (C=O) groups excluding carboxylic acids is 1. The number of ether oxygens (including phenoxy) is 1. The van der Waals surface area contributed by atoms with Crippen LogP contribution in [0.2, 0.25) is 10.0 Å². The Balaban J connectivity index is 2.40. The molecule has 0 fully saturated rings. The van der Waals surface area contributed by atoms with Crippen molar-refractivity contribution in [3.8, 4) is 5.75 Å². The first-order chi connectivity index (χ1) is 9.02. The van der Waals surface area contributed by atoms with Crippen molar-refractivity contribution in [1.29, 1.82) is 0 Å². The van der Waals surface area contributed by atoms with Gasteiger partial charge in [0.05, 0.1) is 22.2 Å². The number of benzene rings is 1. The number of ketones is 1. The van der Waals surface area contributed by atoms with Gasteiger partial charge in [0.2, 0.25) is 0 Å². The van der Waals surface area contributed by atoms with Crippen molar-refractivity contribution in [2.45, 2.75) is 13.8 Å². The van der Waals surface area contributed by atoms with E-state index in [1.165, 1.54) is 12.3 Å². The molecule has 19 heavy (non-hydrogen) atoms. The van der Waals surface area contributed by atoms with Crippen LogP contribution in [0.1, 0.15) is 28.6 Å². The molecule has 0 amide bonds. The van der Waals surface area contributed by atoms with Crippen LogP contribution in [0.25, 0.3) is 0 Å². The summed E-state index contributed by atoms with van der Waals surface area (Å²) in [4.78, 5) is 12.3. The minimum Gasteiger partial charge on any atom is -0.492 e. The first-order valence-corrected chi connectivity index (χ1v) is 6.50. The predicted molar refractivity (Wildman–Crippen MR) is 74.5 cm³/mol. The normalized spacial score (nSPS) is 10.5. The Morgan fingerprint density at radius 3 is 2.58 bits per heavy atom. The Hall–Kier alpha value is -1.45. The molecule has 0 atom stereocenters. The topological polar surface area (TPSA) is 39.4 Å². The zero-order valence-corrected chi connectivity index (χ0v) is 12.0. The molecule has 1 aromatic heterocycles. The van der Waals surface area contributed by atoms with Crippen molar-refractivity contribution >= 4 is 29.0 Å². The van der Waals surface area contributed by atoms with Crippen LogP contribution in [-0.2, 0) is 0 Å². The maximum atomic E-state index is 12.3. The highest BCUT2D eigenvalue weighted by molar-refractivity contribution is 6.37. The van der Waals surface area contributed by atoms with E-state index in [-0.39, 0.29) is 5.78 Å². The second-order valence-electron chi connectivity index (χ2n) is 3.97. The van der Waals surface area contributed by atoms with E-state index in [0.717, 1.165) is 0 Å². The quantitative estimate of drug-likeness (QED) is 0.779. The largest absolute Gasteiger partial charge is 0.492 e. The lowest BCUT2D eigenvalue weighted by Gasteiger charge is -2.09. The first kappa shape index (κ1) is 14.0. The minimum atomic E-state index is -0.230. The van der Waals surface area contributed by atoms with Gasteiger partial charge in [0.1, 0.15) is 17.8 Å². The van der Waals surface area contributed by atoms with Crippen LogP contribution in [0.3, 0.4) is 0 Å². The molecule has 0 radical (unpaired) electrons. The van der Waals surface area contributed by atoms with Gasteiger partial charge < -0.3 is 9.15 Å². The van der Waals surface area contributed by atoms with Crippen LogP contribution >= 0.6 is 23.2 Å². The fourth-order valence-corrected chi connectivity index (χ4v) is 2.14. The van der Waals surface area contributed by atoms with Gasteiger partial charge in [-0.05, 0) is 26.0 Å². The molecule has 0 aliphatic heterocycles. The number of furan rings is 1. The molecule has 0 bridgehead atoms. The summed E-state index contributed by atoms with van der Waals surface area (Å²) < 4.78 is 10.4. The highest BCUT2D eigenvalue weighted by atomic mass is 35.5. The summed E-state index contributed by atoms with van der Waals surface area (Å²) in [6, 6.07) is 4.72. The van der Waals surface area contributed by atoms with Gasteiger partial charge in [0, 0.05) is 11.6 Å². The van der Waals surface area contributed by atoms with Crippen LogP contribution in [0.5, 0.6) is 5.75 Å². The molecule has 0 saturated carbocycles. The highest BCUT2D eigenvalue weighted by Gasteiger charge is 2.17. The van der Waals surface area contributed by atoms with E-state index >= 15 is 0 Å². The number of aryl methyl sites for hydroxylation is 1. The number of carbonyl (C=O) groups is 1. The van der Waals surface area contributed by atoms with Gasteiger partial charge in [-0.25, -0.2) is 0 Å². The number of hydrogen-bond acceptors (Lipinski definition) is 3. The summed E-state index contributed by atoms with van der Waals surface area (Å²) in [5, 5.41) is 0.659. The monoisotopic (exact) mass is 298 g/mol. The average Bonchev–Trinajstić information content (AvgIpc) is 2.79. The molecule has 0 aliphatic rings. The molecule has 5 heteroatoms. The summed E-state index contributed by atoms with van der Waals surface area (Å²) >= 11 is 12.2. The zero-order chi connectivity index (χ0) is 14.0. The van der Waals surface area contributed by atoms with Crippen LogP contribution in [0.15, 0.2) is 28.9 Å². The highest BCUT2D eigenvalue weighted by Crippen LogP contribution is 2.32. The van der Waals surface area contributed by atoms with Crippen molar-refractivity contribution in [3.05, 3.63) is 51.4 Å². The van der Waals surface area contributed by atoms with Crippen LogP contribution in [-0.4, -0.2) is 12.4 Å². The van der Waals surface area contributed by atoms with Crippen molar-refractivity contribution in [1.82, 2.24) is 0 Å². The van der Waals surface area contributed by atoms with E-state index in [4.69, 9.17) is 32.4 Å². The third-order valence-electron chi connectivity index (χ3n) is 2.56. The molecular formula is C14H12Cl2O3. The lowest BCUT2D eigenvalue weighted by molar-refractivity contribution is 0.103. The maximum Gasteiger partial charge on any atom is 0.197 e. The lowest BCUT2D eigenvalue weighted by Crippen LogP contribution is -2.02. The van der Waals surface area contributed by atoms with Gasteiger partial charge in [0.25, 0.3) is 0 Å². The molecular weight excluding hydrogens is 287 g/mol. The molecule has 0 aliphatic carbocycles. The summed E-state index contributed by atoms with van der Waals surface area (Å²) in [6.07, 6.45) is 1.40. The SMILES string of the molecule is CCOc1cc(Cl)c(C(=O)c2coc(C)c2)cc1Cl. The average molecular weight is 299 g/mol. The number of halogens is 2. The van der Waals surface area contributed by atoms with Gasteiger partial charge in [0.15, 0.2) is 5.78 Å². The summed E-state index contributed by atoms with van der Waals surface area (Å²) in [5.74, 6) is 0.900. The Bertz CT molecular complexity index is 617. The third kappa shape index (κ3) is 2.94. The fraction of sp³-hybridized carbons (Fsp3) is 0.214. The van der Waals surface area contributed by atoms with E-state index in [9.17, 15) is 4.79 Å². The van der Waals surface area contributed by atoms with Gasteiger partial charge >= 0.3 is 0 Å². The molecule has 100 valence electrons. The minimum absolute atomic E-state index is 0.230. The molecule has 0 spiro atoms. The smallest absolute Gasteiger partial charge is 0.197 e. The number of hydrogen-bond donors (Lipinski definition) is 0. The van der Waals surface area contributed by atoms with Gasteiger partial charge in [-0.2, -0.15) is 0 Å². The summed E-state index contributed by atoms with van der Waals surface area (Å²) in [6.45, 7) is 4.09. The Kier molecular flexibility index (Phi) is 4.17. The second kappa shape index (κ2) is 5.68. The third-order valence-corrected chi connectivity index (χ3v) is 3.17. The standard InChI is InChI=1S/C14H12Cl2O3/c1-3-18-13-6-11(15)10(5-12(13)16)14(17)9-4-8(2)19-7-9/h4-7H,3H2,1-2H3. The predicted octanol–water partition coefficient (Wildman–Crippen LogP) is 4.52. The van der Waals surface area contributed by atoms with E-state index in [1.54, 1.807) is 19.1 Å². The van der Waals surface area contributed by atoms with Crippen LogP contribution in [0, 0.1) is 6.92 Å². The Morgan fingerprint density at radius 1 is 1.26 bits per heavy atom. The van der Waals surface area contributed by atoms with Crippen LogP contribution < -0.4 is 4.74 Å². The number of rotatable bonds is 4. The molecule has 2 rings (SSSR count). The van der Waals surface area contributed by atoms with Gasteiger partial charge in [-0.1, -0.05) is 23.2 Å². The molecule has 3 nitrogen and oxygen atoms in total. The van der Waals surface area contributed by atoms with E-state index < -0.39 is 0 Å². The van der Waals surface area contributed by atoms with Crippen molar-refractivity contribution in [2.75, 3.05) is 6.61 Å². The maximum absolute atomic E-state index is 12.3. The lowest BCUT2D eigenvalue weighted by atomic mass is 10.1. The van der Waals surface area contributed by atoms with E-state index in [2.05, 4.69) is 0 Å². The molecule has 1 aromatic carbocycles. The second-order valence-corrected chi connectivity index (χ2v) is 4.79. The van der Waals surface area contributed by atoms with Crippen molar-refractivity contribution in [2.24, 2.45) is 0 Å². The molecule has 1 heterocycles. The Labute approximate surface area is 121 Å². The van der Waals surface area contributed by atoms with Gasteiger partial charge in [-0.3, -0.25) is 4.79 Å². The molecule has 0 unspecified atom stereocenters. The molecule has 0 N–H and O–H groups in total. The molecule has 0 saturated heterocycles. The zero-order valence-electron chi connectivity index (χ0n) is 10.5. The van der Waals surface area contributed by atoms with Crippen molar-refractivity contribution < 1.29 is 13.9 Å². The first-order valence-electron chi connectivity index (χ1n) is 5.74. The van der Waals surface area contributed by atoms with Gasteiger partial charge in [-0.15, -0.1) is 0 Å². The van der Waals surface area contributed by atoms with E-state index in [1.807, 2.05) is 6.92 Å². The molecule has 2 aromatic rings. The Morgan fingerprint density at radius 2 is 2.00 bits per heavy atom. The van der Waals surface area contributed by atoms with Crippen LogP contribution in [0.4, 0.5) is 0 Å². The van der Waals surface area contributed by atoms with E-state index in [0.29, 0.717) is 39.3 Å². The fourth-order valence-electron chi connectivity index (χ4n) is 1.69.